The van der Waals surface area contributed by atoms with E-state index in [2.05, 4.69) is 23.2 Å². The lowest BCUT2D eigenvalue weighted by Gasteiger charge is -2.36. The Hall–Kier alpha value is -3.44. The number of ether oxygens (including phenoxy) is 2. The van der Waals surface area contributed by atoms with Crippen LogP contribution < -0.4 is 14.8 Å². The third-order valence-electron chi connectivity index (χ3n) is 7.58. The predicted octanol–water partition coefficient (Wildman–Crippen LogP) is 5.80. The molecule has 0 spiro atoms. The van der Waals surface area contributed by atoms with Crippen LogP contribution >= 0.6 is 11.6 Å². The first kappa shape index (κ1) is 31.0. The van der Waals surface area contributed by atoms with Gasteiger partial charge in [0, 0.05) is 43.1 Å². The van der Waals surface area contributed by atoms with Gasteiger partial charge in [0.1, 0.15) is 11.6 Å². The number of aromatic nitrogens is 2. The summed E-state index contributed by atoms with van der Waals surface area (Å²) in [6.45, 7) is 9.76. The molecule has 11 heteroatoms. The molecule has 1 aromatic heterocycles. The minimum Gasteiger partial charge on any atom is -0.490 e. The molecule has 0 aliphatic carbocycles. The Labute approximate surface area is 258 Å². The molecule has 9 nitrogen and oxygen atoms in total. The van der Waals surface area contributed by atoms with Gasteiger partial charge in [0.2, 0.25) is 10.0 Å². The summed E-state index contributed by atoms with van der Waals surface area (Å²) in [6, 6.07) is 20.3. The van der Waals surface area contributed by atoms with Crippen molar-refractivity contribution in [3.8, 4) is 11.5 Å². The number of hydrogen-bond acceptors (Lipinski definition) is 8. The van der Waals surface area contributed by atoms with E-state index in [0.717, 1.165) is 40.2 Å². The second kappa shape index (κ2) is 13.9. The molecule has 43 heavy (non-hydrogen) atoms. The van der Waals surface area contributed by atoms with Crippen molar-refractivity contribution in [1.82, 2.24) is 19.2 Å². The molecular formula is C32H38ClN5O4S. The second-order valence-corrected chi connectivity index (χ2v) is 12.7. The number of rotatable bonds is 12. The molecule has 0 unspecified atom stereocenters. The zero-order chi connectivity index (χ0) is 30.4. The van der Waals surface area contributed by atoms with Crippen LogP contribution in [0.3, 0.4) is 0 Å². The van der Waals surface area contributed by atoms with Crippen LogP contribution in [0.5, 0.6) is 11.5 Å². The van der Waals surface area contributed by atoms with Crippen molar-refractivity contribution in [2.24, 2.45) is 0 Å². The zero-order valence-corrected chi connectivity index (χ0v) is 26.4. The molecule has 0 bridgehead atoms. The summed E-state index contributed by atoms with van der Waals surface area (Å²) in [7, 11) is -3.58. The lowest BCUT2D eigenvalue weighted by atomic mass is 10.1. The highest BCUT2D eigenvalue weighted by Gasteiger charge is 2.31. The van der Waals surface area contributed by atoms with E-state index >= 15 is 0 Å². The lowest BCUT2D eigenvalue weighted by Crippen LogP contribution is -2.49. The fourth-order valence-corrected chi connectivity index (χ4v) is 6.79. The molecule has 1 atom stereocenters. The van der Waals surface area contributed by atoms with Crippen LogP contribution in [0.1, 0.15) is 38.2 Å². The van der Waals surface area contributed by atoms with Gasteiger partial charge in [-0.05, 0) is 81.3 Å². The molecule has 2 heterocycles. The number of nitrogens with one attached hydrogen (secondary N) is 1. The summed E-state index contributed by atoms with van der Waals surface area (Å²) in [6.07, 6.45) is 0.778. The van der Waals surface area contributed by atoms with Crippen molar-refractivity contribution in [2.45, 2.75) is 38.1 Å². The molecule has 1 N–H and O–H groups in total. The maximum Gasteiger partial charge on any atom is 0.243 e. The van der Waals surface area contributed by atoms with Gasteiger partial charge in [0.05, 0.1) is 29.7 Å². The molecule has 4 aromatic rings. The zero-order valence-electron chi connectivity index (χ0n) is 24.8. The van der Waals surface area contributed by atoms with E-state index < -0.39 is 10.0 Å². The average molecular weight is 624 g/mol. The van der Waals surface area contributed by atoms with Gasteiger partial charge in [-0.15, -0.1) is 0 Å². The molecule has 0 amide bonds. The van der Waals surface area contributed by atoms with E-state index in [1.807, 2.05) is 50.2 Å². The summed E-state index contributed by atoms with van der Waals surface area (Å²) in [5.74, 6) is 3.00. The molecular weight excluding hydrogens is 586 g/mol. The van der Waals surface area contributed by atoms with Crippen LogP contribution in [0.4, 0.5) is 5.82 Å². The van der Waals surface area contributed by atoms with E-state index in [0.29, 0.717) is 56.8 Å². The first-order valence-corrected chi connectivity index (χ1v) is 16.5. The number of piperazine rings is 1. The molecule has 0 saturated carbocycles. The number of hydrogen-bond donors (Lipinski definition) is 1. The third kappa shape index (κ3) is 7.21. The fourth-order valence-electron chi connectivity index (χ4n) is 5.24. The Morgan fingerprint density at radius 3 is 2.33 bits per heavy atom. The van der Waals surface area contributed by atoms with Crippen molar-refractivity contribution >= 4 is 38.3 Å². The van der Waals surface area contributed by atoms with Gasteiger partial charge in [0.15, 0.2) is 11.5 Å². The molecule has 1 aliphatic heterocycles. The van der Waals surface area contributed by atoms with Gasteiger partial charge in [0.25, 0.3) is 0 Å². The van der Waals surface area contributed by atoms with E-state index in [4.69, 9.17) is 31.0 Å². The lowest BCUT2D eigenvalue weighted by molar-refractivity contribution is 0.141. The van der Waals surface area contributed by atoms with Crippen LogP contribution in [0.15, 0.2) is 71.6 Å². The summed E-state index contributed by atoms with van der Waals surface area (Å²) in [5.41, 5.74) is 2.00. The second-order valence-electron chi connectivity index (χ2n) is 10.3. The molecule has 3 aromatic carbocycles. The van der Waals surface area contributed by atoms with Crippen molar-refractivity contribution < 1.29 is 17.9 Å². The van der Waals surface area contributed by atoms with Crippen molar-refractivity contribution in [2.75, 3.05) is 51.3 Å². The fraction of sp³-hybridized carbons (Fsp3) is 0.375. The largest absolute Gasteiger partial charge is 0.490 e. The Bertz CT molecular complexity index is 1640. The molecule has 0 radical (unpaired) electrons. The SMILES string of the molecule is CCOc1ccc(CCNc2nc([C@H](C)N3CCN(S(=O)(=O)c4ccc(Cl)cc4)CC3)nc3ccccc23)cc1OCC. The Morgan fingerprint density at radius 2 is 1.60 bits per heavy atom. The number of anilines is 1. The maximum atomic E-state index is 13.2. The highest BCUT2D eigenvalue weighted by Crippen LogP contribution is 2.30. The van der Waals surface area contributed by atoms with Crippen molar-refractivity contribution in [3.63, 3.8) is 0 Å². The van der Waals surface area contributed by atoms with Crippen LogP contribution in [-0.2, 0) is 16.4 Å². The summed E-state index contributed by atoms with van der Waals surface area (Å²) < 4.78 is 39.3. The quantitative estimate of drug-likeness (QED) is 0.211. The number of sulfonamides is 1. The highest BCUT2D eigenvalue weighted by molar-refractivity contribution is 7.89. The van der Waals surface area contributed by atoms with Crippen LogP contribution in [0.25, 0.3) is 10.9 Å². The number of halogens is 1. The first-order valence-electron chi connectivity index (χ1n) is 14.7. The molecule has 5 rings (SSSR count). The smallest absolute Gasteiger partial charge is 0.243 e. The minimum atomic E-state index is -3.58. The van der Waals surface area contributed by atoms with Crippen LogP contribution in [0.2, 0.25) is 5.02 Å². The van der Waals surface area contributed by atoms with Gasteiger partial charge in [-0.1, -0.05) is 29.8 Å². The van der Waals surface area contributed by atoms with E-state index in [1.54, 1.807) is 24.3 Å². The predicted molar refractivity (Wildman–Crippen MR) is 171 cm³/mol. The van der Waals surface area contributed by atoms with Crippen LogP contribution in [0, 0.1) is 0 Å². The Balaban J connectivity index is 1.27. The average Bonchev–Trinajstić information content (AvgIpc) is 3.02. The van der Waals surface area contributed by atoms with E-state index in [9.17, 15) is 8.42 Å². The summed E-state index contributed by atoms with van der Waals surface area (Å²) in [4.78, 5) is 12.3. The molecule has 1 aliphatic rings. The van der Waals surface area contributed by atoms with Crippen LogP contribution in [-0.4, -0.2) is 73.5 Å². The highest BCUT2D eigenvalue weighted by atomic mass is 35.5. The summed E-state index contributed by atoms with van der Waals surface area (Å²) >= 11 is 5.95. The molecule has 228 valence electrons. The maximum absolute atomic E-state index is 13.2. The molecule has 1 saturated heterocycles. The van der Waals surface area contributed by atoms with Gasteiger partial charge >= 0.3 is 0 Å². The number of para-hydroxylation sites is 1. The first-order chi connectivity index (χ1) is 20.8. The topological polar surface area (TPSA) is 96.9 Å². The van der Waals surface area contributed by atoms with Gasteiger partial charge in [-0.3, -0.25) is 4.90 Å². The Kier molecular flexibility index (Phi) is 10.0. The van der Waals surface area contributed by atoms with Crippen molar-refractivity contribution in [1.29, 1.82) is 0 Å². The van der Waals surface area contributed by atoms with E-state index in [1.165, 1.54) is 4.31 Å². The van der Waals surface area contributed by atoms with Gasteiger partial charge in [-0.25, -0.2) is 18.4 Å². The normalized spacial score (nSPS) is 15.3. The van der Waals surface area contributed by atoms with Gasteiger partial charge < -0.3 is 14.8 Å². The number of fused-ring (bicyclic) bond motifs is 1. The summed E-state index contributed by atoms with van der Waals surface area (Å²) in [5, 5.41) is 5.00. The molecule has 1 fully saturated rings. The van der Waals surface area contributed by atoms with Crippen molar-refractivity contribution in [3.05, 3.63) is 83.1 Å². The number of nitrogens with zero attached hydrogens (tertiary/aromatic N) is 4. The monoisotopic (exact) mass is 623 g/mol. The van der Waals surface area contributed by atoms with E-state index in [-0.39, 0.29) is 10.9 Å². The number of benzene rings is 3. The standard InChI is InChI=1S/C32H38ClN5O4S/c1-4-41-29-15-10-24(22-30(29)42-5-2)16-17-34-32-27-8-6-7-9-28(27)35-31(36-32)23(3)37-18-20-38(21-19-37)43(39,40)26-13-11-25(33)12-14-26/h6-15,22-23H,4-5,16-21H2,1-3H3,(H,34,35,36)/t23-/m0/s1. The Morgan fingerprint density at radius 1 is 0.907 bits per heavy atom. The van der Waals surface area contributed by atoms with Gasteiger partial charge in [-0.2, -0.15) is 4.31 Å². The third-order valence-corrected chi connectivity index (χ3v) is 9.75. The minimum absolute atomic E-state index is 0.0922.